The summed E-state index contributed by atoms with van der Waals surface area (Å²) in [5.41, 5.74) is 1.85. The molecule has 0 bridgehead atoms. The summed E-state index contributed by atoms with van der Waals surface area (Å²) >= 11 is 3.09. The SMILES string of the molecule is Cc1cc(C)nc(NC(=O)Cc2cccc(Br)c2F)n1. The largest absolute Gasteiger partial charge is 0.294 e. The first-order valence-corrected chi connectivity index (χ1v) is 6.80. The molecule has 0 atom stereocenters. The van der Waals surface area contributed by atoms with Crippen LogP contribution in [0.3, 0.4) is 0 Å². The minimum absolute atomic E-state index is 0.0678. The number of amides is 1. The molecule has 4 nitrogen and oxygen atoms in total. The number of aromatic nitrogens is 2. The molecule has 0 aliphatic rings. The lowest BCUT2D eigenvalue weighted by Gasteiger charge is -2.07. The van der Waals surface area contributed by atoms with Gasteiger partial charge in [0.05, 0.1) is 10.9 Å². The molecule has 20 heavy (non-hydrogen) atoms. The Morgan fingerprint density at radius 3 is 2.60 bits per heavy atom. The highest BCUT2D eigenvalue weighted by atomic mass is 79.9. The van der Waals surface area contributed by atoms with Crippen LogP contribution in [0.4, 0.5) is 10.3 Å². The van der Waals surface area contributed by atoms with Crippen molar-refractivity contribution in [2.75, 3.05) is 5.32 Å². The van der Waals surface area contributed by atoms with Crippen LogP contribution < -0.4 is 5.32 Å². The lowest BCUT2D eigenvalue weighted by molar-refractivity contribution is -0.115. The fraction of sp³-hybridized carbons (Fsp3) is 0.214. The normalized spacial score (nSPS) is 10.4. The molecule has 1 heterocycles. The fourth-order valence-electron chi connectivity index (χ4n) is 1.81. The molecule has 6 heteroatoms. The predicted molar refractivity (Wildman–Crippen MR) is 77.9 cm³/mol. The molecule has 0 aliphatic heterocycles. The van der Waals surface area contributed by atoms with Crippen molar-refractivity contribution in [3.63, 3.8) is 0 Å². The molecule has 0 unspecified atom stereocenters. The van der Waals surface area contributed by atoms with E-state index >= 15 is 0 Å². The molecule has 2 rings (SSSR count). The third-order valence-corrected chi connectivity index (χ3v) is 3.23. The second-order valence-corrected chi connectivity index (χ2v) is 5.27. The third kappa shape index (κ3) is 3.60. The molecule has 0 radical (unpaired) electrons. The number of carbonyl (C=O) groups is 1. The second-order valence-electron chi connectivity index (χ2n) is 4.41. The van der Waals surface area contributed by atoms with Gasteiger partial charge in [-0.1, -0.05) is 12.1 Å². The van der Waals surface area contributed by atoms with E-state index in [0.29, 0.717) is 10.0 Å². The van der Waals surface area contributed by atoms with Gasteiger partial charge >= 0.3 is 0 Å². The number of benzene rings is 1. The summed E-state index contributed by atoms with van der Waals surface area (Å²) in [6.07, 6.45) is -0.0678. The van der Waals surface area contributed by atoms with Crippen LogP contribution in [0.5, 0.6) is 0 Å². The van der Waals surface area contributed by atoms with Crippen molar-refractivity contribution in [3.8, 4) is 0 Å². The Labute approximate surface area is 124 Å². The van der Waals surface area contributed by atoms with Gasteiger partial charge in [-0.15, -0.1) is 0 Å². The van der Waals surface area contributed by atoms with Crippen molar-refractivity contribution < 1.29 is 9.18 Å². The van der Waals surface area contributed by atoms with Crippen LogP contribution in [-0.2, 0) is 11.2 Å². The Hall–Kier alpha value is -1.82. The minimum Gasteiger partial charge on any atom is -0.294 e. The summed E-state index contributed by atoms with van der Waals surface area (Å²) in [4.78, 5) is 20.1. The quantitative estimate of drug-likeness (QED) is 0.935. The zero-order chi connectivity index (χ0) is 14.7. The van der Waals surface area contributed by atoms with Crippen molar-refractivity contribution in [2.24, 2.45) is 0 Å². The molecule has 1 aromatic carbocycles. The Kier molecular flexibility index (Phi) is 4.44. The maximum absolute atomic E-state index is 13.8. The summed E-state index contributed by atoms with van der Waals surface area (Å²) in [6.45, 7) is 3.64. The number of aryl methyl sites for hydroxylation is 2. The molecule has 1 N–H and O–H groups in total. The van der Waals surface area contributed by atoms with Gasteiger partial charge in [-0.05, 0) is 47.5 Å². The van der Waals surface area contributed by atoms with Gasteiger partial charge in [0.2, 0.25) is 11.9 Å². The molecule has 2 aromatic rings. The summed E-state index contributed by atoms with van der Waals surface area (Å²) in [5.74, 6) is -0.543. The highest BCUT2D eigenvalue weighted by Crippen LogP contribution is 2.19. The summed E-state index contributed by atoms with van der Waals surface area (Å²) < 4.78 is 14.1. The van der Waals surface area contributed by atoms with Crippen LogP contribution in [0.2, 0.25) is 0 Å². The van der Waals surface area contributed by atoms with Gasteiger partial charge in [-0.2, -0.15) is 0 Å². The van der Waals surface area contributed by atoms with E-state index in [1.807, 2.05) is 19.9 Å². The van der Waals surface area contributed by atoms with E-state index in [-0.39, 0.29) is 18.3 Å². The minimum atomic E-state index is -0.427. The molecule has 0 fully saturated rings. The maximum Gasteiger partial charge on any atom is 0.231 e. The first-order valence-electron chi connectivity index (χ1n) is 6.00. The van der Waals surface area contributed by atoms with Gasteiger partial charge in [0.25, 0.3) is 0 Å². The lowest BCUT2D eigenvalue weighted by Crippen LogP contribution is -2.17. The molecule has 0 aliphatic carbocycles. The van der Waals surface area contributed by atoms with Crippen molar-refractivity contribution in [1.82, 2.24) is 9.97 Å². The van der Waals surface area contributed by atoms with Gasteiger partial charge in [-0.25, -0.2) is 14.4 Å². The van der Waals surface area contributed by atoms with Crippen molar-refractivity contribution in [1.29, 1.82) is 0 Å². The standard InChI is InChI=1S/C14H13BrFN3O/c1-8-6-9(2)18-14(17-8)19-12(20)7-10-4-3-5-11(15)13(10)16/h3-6H,7H2,1-2H3,(H,17,18,19,20). The molecule has 0 saturated heterocycles. The van der Waals surface area contributed by atoms with Crippen molar-refractivity contribution >= 4 is 27.8 Å². The Morgan fingerprint density at radius 1 is 1.30 bits per heavy atom. The van der Waals surface area contributed by atoms with E-state index in [2.05, 4.69) is 31.2 Å². The zero-order valence-corrected chi connectivity index (χ0v) is 12.7. The molecule has 0 spiro atoms. The second kappa shape index (κ2) is 6.09. The fourth-order valence-corrected chi connectivity index (χ4v) is 2.22. The van der Waals surface area contributed by atoms with Crippen LogP contribution in [0.25, 0.3) is 0 Å². The van der Waals surface area contributed by atoms with Crippen LogP contribution in [0.1, 0.15) is 17.0 Å². The number of hydrogen-bond donors (Lipinski definition) is 1. The Bertz CT molecular complexity index is 641. The highest BCUT2D eigenvalue weighted by molar-refractivity contribution is 9.10. The maximum atomic E-state index is 13.8. The average molecular weight is 338 g/mol. The van der Waals surface area contributed by atoms with E-state index in [4.69, 9.17) is 0 Å². The first-order chi connectivity index (χ1) is 9.45. The summed E-state index contributed by atoms with van der Waals surface area (Å²) in [7, 11) is 0. The zero-order valence-electron chi connectivity index (χ0n) is 11.1. The predicted octanol–water partition coefficient (Wildman–Crippen LogP) is 3.18. The number of hydrogen-bond acceptors (Lipinski definition) is 3. The smallest absolute Gasteiger partial charge is 0.231 e. The summed E-state index contributed by atoms with van der Waals surface area (Å²) in [6, 6.07) is 6.65. The number of halogens is 2. The van der Waals surface area contributed by atoms with E-state index in [1.165, 1.54) is 0 Å². The Morgan fingerprint density at radius 2 is 1.95 bits per heavy atom. The van der Waals surface area contributed by atoms with Gasteiger partial charge in [-0.3, -0.25) is 10.1 Å². The number of carbonyl (C=O) groups excluding carboxylic acids is 1. The van der Waals surface area contributed by atoms with Crippen LogP contribution in [-0.4, -0.2) is 15.9 Å². The van der Waals surface area contributed by atoms with Crippen LogP contribution in [0.15, 0.2) is 28.7 Å². The van der Waals surface area contributed by atoms with Gasteiger partial charge in [0.1, 0.15) is 5.82 Å². The monoisotopic (exact) mass is 337 g/mol. The third-order valence-electron chi connectivity index (χ3n) is 2.62. The molecular formula is C14H13BrFN3O. The number of nitrogens with one attached hydrogen (secondary N) is 1. The van der Waals surface area contributed by atoms with Gasteiger partial charge < -0.3 is 0 Å². The van der Waals surface area contributed by atoms with E-state index < -0.39 is 5.82 Å². The van der Waals surface area contributed by atoms with E-state index in [0.717, 1.165) is 11.4 Å². The first kappa shape index (κ1) is 14.6. The van der Waals surface area contributed by atoms with Crippen molar-refractivity contribution in [3.05, 3.63) is 51.5 Å². The van der Waals surface area contributed by atoms with Crippen molar-refractivity contribution in [2.45, 2.75) is 20.3 Å². The molecule has 1 amide bonds. The lowest BCUT2D eigenvalue weighted by atomic mass is 10.1. The summed E-state index contributed by atoms with van der Waals surface area (Å²) in [5, 5.41) is 2.58. The molecule has 104 valence electrons. The van der Waals surface area contributed by atoms with E-state index in [1.54, 1.807) is 18.2 Å². The highest BCUT2D eigenvalue weighted by Gasteiger charge is 2.12. The molecule has 0 saturated carbocycles. The van der Waals surface area contributed by atoms with Crippen LogP contribution in [0, 0.1) is 19.7 Å². The average Bonchev–Trinajstić information content (AvgIpc) is 2.33. The topological polar surface area (TPSA) is 54.9 Å². The van der Waals surface area contributed by atoms with Gasteiger partial charge in [0.15, 0.2) is 0 Å². The Balaban J connectivity index is 2.11. The number of rotatable bonds is 3. The molecule has 1 aromatic heterocycles. The number of nitrogens with zero attached hydrogens (tertiary/aromatic N) is 2. The number of anilines is 1. The van der Waals surface area contributed by atoms with E-state index in [9.17, 15) is 9.18 Å². The van der Waals surface area contributed by atoms with Crippen LogP contribution >= 0.6 is 15.9 Å². The van der Waals surface area contributed by atoms with Gasteiger partial charge in [0, 0.05) is 11.4 Å². The molecular weight excluding hydrogens is 325 g/mol.